The Morgan fingerprint density at radius 2 is 1.92 bits per heavy atom. The summed E-state index contributed by atoms with van der Waals surface area (Å²) >= 11 is 5.86. The van der Waals surface area contributed by atoms with Gasteiger partial charge in [-0.05, 0) is 31.0 Å². The van der Waals surface area contributed by atoms with Crippen LogP contribution in [-0.2, 0) is 0 Å². The van der Waals surface area contributed by atoms with E-state index in [1.807, 2.05) is 4.90 Å². The number of aromatic nitrogens is 2. The number of rotatable bonds is 5. The maximum Gasteiger partial charge on any atom is 0.253 e. The lowest BCUT2D eigenvalue weighted by molar-refractivity contribution is 0.0718. The number of carbonyl (C=O) groups excluding carboxylic acids is 1. The number of hydrogen-bond donors (Lipinski definition) is 1. The highest BCUT2D eigenvalue weighted by Gasteiger charge is 2.24. The number of hydrogen-bond acceptors (Lipinski definition) is 6. The molecule has 1 aliphatic heterocycles. The molecule has 1 aromatic carbocycles. The van der Waals surface area contributed by atoms with Gasteiger partial charge in [0.15, 0.2) is 11.5 Å². The van der Waals surface area contributed by atoms with Crippen LogP contribution in [0.4, 0.5) is 5.82 Å². The lowest BCUT2D eigenvalue weighted by atomic mass is 10.0. The van der Waals surface area contributed by atoms with Crippen LogP contribution >= 0.6 is 11.6 Å². The summed E-state index contributed by atoms with van der Waals surface area (Å²) in [6, 6.07) is 5.46. The molecule has 2 heterocycles. The Balaban J connectivity index is 1.60. The fourth-order valence-electron chi connectivity index (χ4n) is 3.00. The van der Waals surface area contributed by atoms with Crippen molar-refractivity contribution in [2.75, 3.05) is 32.6 Å². The molecule has 26 heavy (non-hydrogen) atoms. The van der Waals surface area contributed by atoms with E-state index in [-0.39, 0.29) is 11.9 Å². The van der Waals surface area contributed by atoms with Crippen LogP contribution in [0.5, 0.6) is 11.5 Å². The minimum absolute atomic E-state index is 0.00745. The minimum atomic E-state index is -0.00745. The van der Waals surface area contributed by atoms with Crippen LogP contribution in [0.15, 0.2) is 30.6 Å². The van der Waals surface area contributed by atoms with Crippen molar-refractivity contribution >= 4 is 23.3 Å². The zero-order valence-corrected chi connectivity index (χ0v) is 15.5. The molecule has 1 saturated heterocycles. The number of likely N-dealkylation sites (tertiary alicyclic amines) is 1. The molecule has 0 aliphatic carbocycles. The van der Waals surface area contributed by atoms with E-state index in [9.17, 15) is 4.79 Å². The van der Waals surface area contributed by atoms with E-state index in [2.05, 4.69) is 15.3 Å². The van der Waals surface area contributed by atoms with Crippen molar-refractivity contribution in [3.8, 4) is 11.5 Å². The van der Waals surface area contributed by atoms with Gasteiger partial charge in [-0.15, -0.1) is 0 Å². The van der Waals surface area contributed by atoms with Gasteiger partial charge in [0, 0.05) is 24.7 Å². The predicted molar refractivity (Wildman–Crippen MR) is 99.1 cm³/mol. The van der Waals surface area contributed by atoms with E-state index >= 15 is 0 Å². The lowest BCUT2D eigenvalue weighted by Crippen LogP contribution is -2.42. The van der Waals surface area contributed by atoms with E-state index in [1.54, 1.807) is 38.6 Å². The topological polar surface area (TPSA) is 76.6 Å². The van der Waals surface area contributed by atoms with E-state index < -0.39 is 0 Å². The quantitative estimate of drug-likeness (QED) is 0.864. The number of carbonyl (C=O) groups is 1. The normalized spacial score (nSPS) is 14.8. The first-order valence-corrected chi connectivity index (χ1v) is 8.74. The highest BCUT2D eigenvalue weighted by Crippen LogP contribution is 2.28. The van der Waals surface area contributed by atoms with Crippen molar-refractivity contribution in [2.24, 2.45) is 0 Å². The van der Waals surface area contributed by atoms with Crippen LogP contribution in [0, 0.1) is 0 Å². The van der Waals surface area contributed by atoms with Gasteiger partial charge >= 0.3 is 0 Å². The number of piperidine rings is 1. The molecule has 2 aromatic rings. The third-order valence-corrected chi connectivity index (χ3v) is 4.55. The van der Waals surface area contributed by atoms with Crippen LogP contribution in [0.25, 0.3) is 0 Å². The van der Waals surface area contributed by atoms with E-state index in [0.29, 0.717) is 41.1 Å². The first-order valence-electron chi connectivity index (χ1n) is 8.36. The molecule has 3 rings (SSSR count). The Labute approximate surface area is 157 Å². The Hall–Kier alpha value is -2.54. The van der Waals surface area contributed by atoms with Crippen molar-refractivity contribution in [1.29, 1.82) is 0 Å². The maximum atomic E-state index is 12.7. The molecule has 8 heteroatoms. The second-order valence-corrected chi connectivity index (χ2v) is 6.39. The van der Waals surface area contributed by atoms with Crippen molar-refractivity contribution in [3.05, 3.63) is 41.3 Å². The third kappa shape index (κ3) is 4.16. The highest BCUT2D eigenvalue weighted by molar-refractivity contribution is 6.29. The molecule has 1 N–H and O–H groups in total. The molecule has 1 fully saturated rings. The summed E-state index contributed by atoms with van der Waals surface area (Å²) in [5.74, 6) is 1.80. The number of halogens is 1. The van der Waals surface area contributed by atoms with Crippen molar-refractivity contribution in [1.82, 2.24) is 14.9 Å². The van der Waals surface area contributed by atoms with Gasteiger partial charge in [-0.25, -0.2) is 4.98 Å². The first-order chi connectivity index (χ1) is 12.6. The van der Waals surface area contributed by atoms with Gasteiger partial charge in [0.25, 0.3) is 5.91 Å². The third-order valence-electron chi connectivity index (χ3n) is 4.37. The number of methoxy groups -OCH3 is 2. The monoisotopic (exact) mass is 376 g/mol. The molecule has 0 atom stereocenters. The summed E-state index contributed by atoms with van der Waals surface area (Å²) in [5, 5.41) is 3.68. The molecule has 0 saturated carbocycles. The van der Waals surface area contributed by atoms with Crippen molar-refractivity contribution in [2.45, 2.75) is 18.9 Å². The van der Waals surface area contributed by atoms with Gasteiger partial charge in [-0.1, -0.05) is 11.6 Å². The molecule has 0 radical (unpaired) electrons. The highest BCUT2D eigenvalue weighted by atomic mass is 35.5. The Morgan fingerprint density at radius 3 is 2.58 bits per heavy atom. The summed E-state index contributed by atoms with van der Waals surface area (Å²) in [6.45, 7) is 1.33. The number of amides is 1. The van der Waals surface area contributed by atoms with Crippen LogP contribution in [0.2, 0.25) is 5.15 Å². The number of nitrogens with zero attached hydrogens (tertiary/aromatic N) is 3. The number of benzene rings is 1. The average Bonchev–Trinajstić information content (AvgIpc) is 2.67. The molecule has 0 spiro atoms. The standard InChI is InChI=1S/C18H21ClN4O3/c1-25-14-4-3-12(9-15(14)26-2)18(24)23-7-5-13(6-8-23)21-17-11-20-10-16(19)22-17/h3-4,9-11,13H,5-8H2,1-2H3,(H,21,22). The molecule has 0 bridgehead atoms. The summed E-state index contributed by atoms with van der Waals surface area (Å²) in [6.07, 6.45) is 4.80. The zero-order chi connectivity index (χ0) is 18.5. The smallest absolute Gasteiger partial charge is 0.253 e. The molecule has 1 aliphatic rings. The fourth-order valence-corrected chi connectivity index (χ4v) is 3.15. The number of ether oxygens (including phenoxy) is 2. The van der Waals surface area contributed by atoms with Crippen LogP contribution in [0.3, 0.4) is 0 Å². The van der Waals surface area contributed by atoms with Gasteiger partial charge in [-0.3, -0.25) is 9.78 Å². The Bertz CT molecular complexity index is 779. The van der Waals surface area contributed by atoms with Crippen LogP contribution in [-0.4, -0.2) is 54.1 Å². The second-order valence-electron chi connectivity index (χ2n) is 6.01. The van der Waals surface area contributed by atoms with Crippen LogP contribution < -0.4 is 14.8 Å². The largest absolute Gasteiger partial charge is 0.493 e. The predicted octanol–water partition coefficient (Wildman–Crippen LogP) is 2.86. The summed E-state index contributed by atoms with van der Waals surface area (Å²) in [4.78, 5) is 22.8. The summed E-state index contributed by atoms with van der Waals surface area (Å²) in [7, 11) is 3.13. The molecule has 0 unspecified atom stereocenters. The molecule has 7 nitrogen and oxygen atoms in total. The van der Waals surface area contributed by atoms with Crippen molar-refractivity contribution in [3.63, 3.8) is 0 Å². The van der Waals surface area contributed by atoms with Crippen LogP contribution in [0.1, 0.15) is 23.2 Å². The number of nitrogens with one attached hydrogen (secondary N) is 1. The van der Waals surface area contributed by atoms with E-state index in [4.69, 9.17) is 21.1 Å². The van der Waals surface area contributed by atoms with Gasteiger partial charge in [0.2, 0.25) is 0 Å². The maximum absolute atomic E-state index is 12.7. The molecule has 1 aromatic heterocycles. The SMILES string of the molecule is COc1ccc(C(=O)N2CCC(Nc3cncc(Cl)n3)CC2)cc1OC. The molecule has 1 amide bonds. The molecular weight excluding hydrogens is 356 g/mol. The van der Waals surface area contributed by atoms with Crippen molar-refractivity contribution < 1.29 is 14.3 Å². The Morgan fingerprint density at radius 1 is 1.19 bits per heavy atom. The first kappa shape index (κ1) is 18.3. The summed E-state index contributed by atoms with van der Waals surface area (Å²) < 4.78 is 10.5. The summed E-state index contributed by atoms with van der Waals surface area (Å²) in [5.41, 5.74) is 0.592. The average molecular weight is 377 g/mol. The van der Waals surface area contributed by atoms with Gasteiger partial charge in [-0.2, -0.15) is 0 Å². The zero-order valence-electron chi connectivity index (χ0n) is 14.7. The van der Waals surface area contributed by atoms with Gasteiger partial charge < -0.3 is 19.7 Å². The number of anilines is 1. The Kier molecular flexibility index (Phi) is 5.78. The molecule has 138 valence electrons. The lowest BCUT2D eigenvalue weighted by Gasteiger charge is -2.32. The molecular formula is C18H21ClN4O3. The van der Waals surface area contributed by atoms with E-state index in [1.165, 1.54) is 6.20 Å². The van der Waals surface area contributed by atoms with Gasteiger partial charge in [0.1, 0.15) is 11.0 Å². The minimum Gasteiger partial charge on any atom is -0.493 e. The second kappa shape index (κ2) is 8.23. The van der Waals surface area contributed by atoms with E-state index in [0.717, 1.165) is 12.8 Å². The fraction of sp³-hybridized carbons (Fsp3) is 0.389. The van der Waals surface area contributed by atoms with Gasteiger partial charge in [0.05, 0.1) is 26.6 Å².